The third-order valence-corrected chi connectivity index (χ3v) is 5.25. The van der Waals surface area contributed by atoms with E-state index in [4.69, 9.17) is 9.84 Å². The molecule has 0 saturated carbocycles. The number of carbonyl (C=O) groups is 1. The topological polar surface area (TPSA) is 72.6 Å². The number of carbonyl (C=O) groups excluding carboxylic acids is 1. The second-order valence-corrected chi connectivity index (χ2v) is 7.23. The molecule has 7 heteroatoms. The lowest BCUT2D eigenvalue weighted by Crippen LogP contribution is -2.38. The van der Waals surface area contributed by atoms with Crippen LogP contribution < -0.4 is 4.90 Å². The summed E-state index contributed by atoms with van der Waals surface area (Å²) in [5.41, 5.74) is 3.04. The third kappa shape index (κ3) is 3.44. The molecule has 0 amide bonds. The Bertz CT molecular complexity index is 1010. The average molecular weight is 379 g/mol. The quantitative estimate of drug-likeness (QED) is 0.648. The Hall–Kier alpha value is -2.96. The zero-order valence-corrected chi connectivity index (χ0v) is 16.6. The van der Waals surface area contributed by atoms with Crippen molar-refractivity contribution in [2.45, 2.75) is 33.6 Å². The number of rotatable bonds is 4. The Morgan fingerprint density at radius 3 is 2.64 bits per heavy atom. The fourth-order valence-electron chi connectivity index (χ4n) is 3.74. The van der Waals surface area contributed by atoms with E-state index in [0.29, 0.717) is 18.2 Å². The molecule has 7 nitrogen and oxygen atoms in total. The number of aromatic nitrogens is 4. The van der Waals surface area contributed by atoms with Gasteiger partial charge in [-0.1, -0.05) is 24.3 Å². The molecular weight excluding hydrogens is 354 g/mol. The maximum Gasteiger partial charge on any atom is 0.309 e. The van der Waals surface area contributed by atoms with Crippen LogP contribution in [0, 0.1) is 19.8 Å². The van der Waals surface area contributed by atoms with Gasteiger partial charge in [0.25, 0.3) is 5.78 Å². The lowest BCUT2D eigenvalue weighted by molar-refractivity contribution is -0.148. The van der Waals surface area contributed by atoms with Gasteiger partial charge in [-0.15, -0.1) is 5.10 Å². The molecule has 4 rings (SSSR count). The van der Waals surface area contributed by atoms with Crippen LogP contribution in [0.25, 0.3) is 17.2 Å². The highest BCUT2D eigenvalue weighted by Gasteiger charge is 2.27. The summed E-state index contributed by atoms with van der Waals surface area (Å²) in [5, 5.41) is 4.75. The average Bonchev–Trinajstić information content (AvgIpc) is 3.11. The molecule has 0 atom stereocenters. The number of fused-ring (bicyclic) bond motifs is 1. The molecule has 1 aromatic carbocycles. The number of benzene rings is 1. The number of aryl methyl sites for hydroxylation is 2. The zero-order valence-electron chi connectivity index (χ0n) is 16.6. The summed E-state index contributed by atoms with van der Waals surface area (Å²) in [5.74, 6) is 2.14. The summed E-state index contributed by atoms with van der Waals surface area (Å²) in [7, 11) is 0. The molecule has 3 aromatic rings. The van der Waals surface area contributed by atoms with Gasteiger partial charge in [0.1, 0.15) is 5.82 Å². The maximum atomic E-state index is 12.0. The Kier molecular flexibility index (Phi) is 4.98. The van der Waals surface area contributed by atoms with Gasteiger partial charge in [-0.2, -0.15) is 9.50 Å². The monoisotopic (exact) mass is 379 g/mol. The molecule has 0 aliphatic carbocycles. The van der Waals surface area contributed by atoms with Crippen molar-refractivity contribution in [3.8, 4) is 11.4 Å². The van der Waals surface area contributed by atoms with Gasteiger partial charge >= 0.3 is 5.97 Å². The van der Waals surface area contributed by atoms with E-state index in [1.165, 1.54) is 0 Å². The van der Waals surface area contributed by atoms with Gasteiger partial charge in [-0.3, -0.25) is 4.79 Å². The van der Waals surface area contributed by atoms with Gasteiger partial charge in [0.15, 0.2) is 5.82 Å². The minimum Gasteiger partial charge on any atom is -0.466 e. The number of hydrogen-bond donors (Lipinski definition) is 0. The molecular formula is C21H25N5O2. The Balaban J connectivity index is 1.65. The molecule has 1 aliphatic rings. The highest BCUT2D eigenvalue weighted by Crippen LogP contribution is 2.27. The fourth-order valence-corrected chi connectivity index (χ4v) is 3.74. The van der Waals surface area contributed by atoms with Crippen LogP contribution in [0.3, 0.4) is 0 Å². The van der Waals surface area contributed by atoms with Crippen LogP contribution in [0.1, 0.15) is 31.0 Å². The first-order chi connectivity index (χ1) is 13.6. The van der Waals surface area contributed by atoms with E-state index in [-0.39, 0.29) is 11.9 Å². The van der Waals surface area contributed by atoms with Crippen molar-refractivity contribution < 1.29 is 9.53 Å². The van der Waals surface area contributed by atoms with Crippen LogP contribution >= 0.6 is 0 Å². The van der Waals surface area contributed by atoms with Crippen molar-refractivity contribution in [3.05, 3.63) is 41.6 Å². The second kappa shape index (κ2) is 7.58. The summed E-state index contributed by atoms with van der Waals surface area (Å²) in [4.78, 5) is 23.5. The summed E-state index contributed by atoms with van der Waals surface area (Å²) >= 11 is 0. The van der Waals surface area contributed by atoms with Gasteiger partial charge in [0.2, 0.25) is 0 Å². The Labute approximate surface area is 164 Å². The van der Waals surface area contributed by atoms with E-state index < -0.39 is 0 Å². The molecule has 0 unspecified atom stereocenters. The van der Waals surface area contributed by atoms with Crippen LogP contribution in [0.4, 0.5) is 5.82 Å². The smallest absolute Gasteiger partial charge is 0.309 e. The molecule has 146 valence electrons. The standard InChI is InChI=1S/C21H25N5O2/c1-4-28-20(27)16-9-11-25(12-10-16)18-13-15(3)22-21-23-19(24-26(18)21)17-8-6-5-7-14(17)2/h5-8,13,16H,4,9-12H2,1-3H3. The third-order valence-electron chi connectivity index (χ3n) is 5.25. The minimum absolute atomic E-state index is 0.0205. The molecule has 2 aromatic heterocycles. The number of piperidine rings is 1. The number of anilines is 1. The largest absolute Gasteiger partial charge is 0.466 e. The minimum atomic E-state index is -0.0826. The highest BCUT2D eigenvalue weighted by atomic mass is 16.5. The number of ether oxygens (including phenoxy) is 1. The lowest BCUT2D eigenvalue weighted by Gasteiger charge is -2.32. The summed E-state index contributed by atoms with van der Waals surface area (Å²) in [6, 6.07) is 10.1. The molecule has 1 saturated heterocycles. The van der Waals surface area contributed by atoms with Gasteiger partial charge < -0.3 is 9.64 Å². The van der Waals surface area contributed by atoms with Crippen molar-refractivity contribution in [1.82, 2.24) is 19.6 Å². The zero-order chi connectivity index (χ0) is 19.7. The predicted octanol–water partition coefficient (Wildman–Crippen LogP) is 3.19. The van der Waals surface area contributed by atoms with Crippen molar-refractivity contribution in [1.29, 1.82) is 0 Å². The SMILES string of the molecule is CCOC(=O)C1CCN(c2cc(C)nc3nc(-c4ccccc4C)nn23)CC1. The molecule has 28 heavy (non-hydrogen) atoms. The van der Waals surface area contributed by atoms with Crippen molar-refractivity contribution in [2.75, 3.05) is 24.6 Å². The van der Waals surface area contributed by atoms with E-state index in [0.717, 1.165) is 48.6 Å². The molecule has 0 spiro atoms. The van der Waals surface area contributed by atoms with E-state index in [2.05, 4.69) is 27.9 Å². The Morgan fingerprint density at radius 1 is 1.18 bits per heavy atom. The predicted molar refractivity (Wildman–Crippen MR) is 107 cm³/mol. The van der Waals surface area contributed by atoms with Crippen LogP contribution in [-0.2, 0) is 9.53 Å². The molecule has 1 aliphatic heterocycles. The number of hydrogen-bond acceptors (Lipinski definition) is 6. The summed E-state index contributed by atoms with van der Waals surface area (Å²) in [6.07, 6.45) is 1.56. The normalized spacial score (nSPS) is 15.2. The van der Waals surface area contributed by atoms with Gasteiger partial charge in [-0.25, -0.2) is 4.98 Å². The van der Waals surface area contributed by atoms with Crippen LogP contribution in [0.5, 0.6) is 0 Å². The van der Waals surface area contributed by atoms with Crippen molar-refractivity contribution in [3.63, 3.8) is 0 Å². The van der Waals surface area contributed by atoms with Crippen molar-refractivity contribution in [2.24, 2.45) is 5.92 Å². The van der Waals surface area contributed by atoms with Crippen LogP contribution in [0.2, 0.25) is 0 Å². The molecule has 0 bridgehead atoms. The second-order valence-electron chi connectivity index (χ2n) is 7.23. The van der Waals surface area contributed by atoms with Gasteiger partial charge in [0.05, 0.1) is 12.5 Å². The molecule has 1 fully saturated rings. The van der Waals surface area contributed by atoms with Crippen LogP contribution in [0.15, 0.2) is 30.3 Å². The van der Waals surface area contributed by atoms with E-state index in [1.807, 2.05) is 42.6 Å². The number of esters is 1. The van der Waals surface area contributed by atoms with E-state index >= 15 is 0 Å². The molecule has 3 heterocycles. The van der Waals surface area contributed by atoms with Gasteiger partial charge in [0, 0.05) is 30.4 Å². The maximum absolute atomic E-state index is 12.0. The van der Waals surface area contributed by atoms with E-state index in [1.54, 1.807) is 0 Å². The van der Waals surface area contributed by atoms with Crippen molar-refractivity contribution >= 4 is 17.6 Å². The fraction of sp³-hybridized carbons (Fsp3) is 0.429. The summed E-state index contributed by atoms with van der Waals surface area (Å²) < 4.78 is 7.00. The summed E-state index contributed by atoms with van der Waals surface area (Å²) in [6.45, 7) is 7.87. The van der Waals surface area contributed by atoms with E-state index in [9.17, 15) is 4.79 Å². The first-order valence-electron chi connectivity index (χ1n) is 9.79. The van der Waals surface area contributed by atoms with Gasteiger partial charge in [-0.05, 0) is 39.2 Å². The highest BCUT2D eigenvalue weighted by molar-refractivity contribution is 5.73. The molecule has 0 N–H and O–H groups in total. The van der Waals surface area contributed by atoms with Crippen LogP contribution in [-0.4, -0.2) is 45.2 Å². The first kappa shape index (κ1) is 18.4. The first-order valence-corrected chi connectivity index (χ1v) is 9.79. The number of nitrogens with zero attached hydrogens (tertiary/aromatic N) is 5. The lowest BCUT2D eigenvalue weighted by atomic mass is 9.97. The Morgan fingerprint density at radius 2 is 1.93 bits per heavy atom. The molecule has 0 radical (unpaired) electrons.